The first-order valence-corrected chi connectivity index (χ1v) is 10.1. The number of hydrogen-bond donors (Lipinski definition) is 2. The van der Waals surface area contributed by atoms with Crippen molar-refractivity contribution in [1.82, 2.24) is 14.9 Å². The van der Waals surface area contributed by atoms with Gasteiger partial charge in [0.25, 0.3) is 0 Å². The van der Waals surface area contributed by atoms with Crippen LogP contribution in [0.2, 0.25) is 0 Å². The average molecular weight is 408 g/mol. The van der Waals surface area contributed by atoms with Crippen molar-refractivity contribution in [3.8, 4) is 0 Å². The molecule has 2 N–H and O–H groups in total. The molecule has 30 heavy (non-hydrogen) atoms. The number of hydroxylamine groups is 1. The maximum atomic E-state index is 7.10. The average Bonchev–Trinajstić information content (AvgIpc) is 2.99. The maximum absolute atomic E-state index is 7.10. The van der Waals surface area contributed by atoms with E-state index in [0.717, 1.165) is 60.0 Å². The van der Waals surface area contributed by atoms with Gasteiger partial charge in [-0.2, -0.15) is 5.10 Å². The fraction of sp³-hybridized carbons (Fsp3) is 0.364. The fourth-order valence-corrected chi connectivity index (χ4v) is 3.39. The summed E-state index contributed by atoms with van der Waals surface area (Å²) < 4.78 is 0. The Morgan fingerprint density at radius 2 is 2.10 bits per heavy atom. The molecule has 0 radical (unpaired) electrons. The molecule has 1 aromatic carbocycles. The molecule has 2 heterocycles. The van der Waals surface area contributed by atoms with E-state index in [0.29, 0.717) is 13.2 Å². The Balaban J connectivity index is 1.78. The molecular formula is C22H29N7O. The van der Waals surface area contributed by atoms with E-state index >= 15 is 0 Å². The second kappa shape index (κ2) is 9.98. The molecule has 0 aliphatic carbocycles. The summed E-state index contributed by atoms with van der Waals surface area (Å²) in [5.41, 5.74) is 7.94. The molecule has 2 aromatic rings. The summed E-state index contributed by atoms with van der Waals surface area (Å²) in [6, 6.07) is 8.16. The van der Waals surface area contributed by atoms with Crippen molar-refractivity contribution in [2.75, 3.05) is 36.7 Å². The van der Waals surface area contributed by atoms with Crippen LogP contribution in [0.4, 0.5) is 11.5 Å². The first-order chi connectivity index (χ1) is 14.5. The van der Waals surface area contributed by atoms with Crippen LogP contribution in [-0.2, 0) is 11.3 Å². The molecule has 0 spiro atoms. The van der Waals surface area contributed by atoms with Crippen LogP contribution >= 0.6 is 0 Å². The zero-order valence-electron chi connectivity index (χ0n) is 17.9. The highest BCUT2D eigenvalue weighted by molar-refractivity contribution is 6.14. The van der Waals surface area contributed by atoms with Gasteiger partial charge in [0, 0.05) is 42.3 Å². The minimum atomic E-state index is 0.531. The highest BCUT2D eigenvalue weighted by Crippen LogP contribution is 2.28. The lowest BCUT2D eigenvalue weighted by Gasteiger charge is -2.26. The first kappa shape index (κ1) is 21.4. The van der Waals surface area contributed by atoms with Gasteiger partial charge in [-0.05, 0) is 38.0 Å². The number of benzene rings is 1. The third-order valence-electron chi connectivity index (χ3n) is 4.91. The molecule has 8 heteroatoms. The van der Waals surface area contributed by atoms with E-state index in [1.807, 2.05) is 31.0 Å². The molecule has 1 aromatic heterocycles. The molecule has 0 atom stereocenters. The van der Waals surface area contributed by atoms with E-state index in [4.69, 9.17) is 10.2 Å². The normalized spacial score (nSPS) is 14.6. The lowest BCUT2D eigenvalue weighted by molar-refractivity contribution is 0.119. The van der Waals surface area contributed by atoms with Crippen LogP contribution in [0.1, 0.15) is 29.6 Å². The molecule has 1 aliphatic heterocycles. The summed E-state index contributed by atoms with van der Waals surface area (Å²) in [6.07, 6.45) is 3.48. The largest absolute Gasteiger partial charge is 0.367 e. The Bertz CT molecular complexity index is 921. The predicted molar refractivity (Wildman–Crippen MR) is 122 cm³/mol. The van der Waals surface area contributed by atoms with E-state index in [1.165, 1.54) is 11.8 Å². The molecule has 1 fully saturated rings. The second-order valence-corrected chi connectivity index (χ2v) is 7.07. The Labute approximate surface area is 177 Å². The minimum absolute atomic E-state index is 0.531. The van der Waals surface area contributed by atoms with Gasteiger partial charge in [-0.1, -0.05) is 19.6 Å². The molecule has 0 unspecified atom stereocenters. The molecule has 1 aliphatic rings. The summed E-state index contributed by atoms with van der Waals surface area (Å²) in [5, 5.41) is 13.0. The third kappa shape index (κ3) is 5.21. The van der Waals surface area contributed by atoms with Gasteiger partial charge in [-0.15, -0.1) is 0 Å². The quantitative estimate of drug-likeness (QED) is 0.540. The van der Waals surface area contributed by atoms with Crippen LogP contribution in [-0.4, -0.2) is 53.5 Å². The van der Waals surface area contributed by atoms with Gasteiger partial charge < -0.3 is 10.3 Å². The van der Waals surface area contributed by atoms with Gasteiger partial charge in [0.05, 0.1) is 25.1 Å². The van der Waals surface area contributed by atoms with E-state index in [2.05, 4.69) is 51.0 Å². The number of nitrogens with zero attached hydrogens (tertiary/aromatic N) is 5. The van der Waals surface area contributed by atoms with Gasteiger partial charge in [-0.25, -0.2) is 15.0 Å². The number of nitrogens with one attached hydrogen (secondary N) is 2. The van der Waals surface area contributed by atoms with Gasteiger partial charge in [0.15, 0.2) is 5.82 Å². The van der Waals surface area contributed by atoms with Crippen LogP contribution in [0.5, 0.6) is 0 Å². The van der Waals surface area contributed by atoms with Crippen LogP contribution in [0.3, 0.4) is 0 Å². The summed E-state index contributed by atoms with van der Waals surface area (Å²) in [7, 11) is 0. The fourth-order valence-electron chi connectivity index (χ4n) is 3.39. The SMILES string of the molecule is C=C(c1cc(CC)ccc1N/N=C\C=N)N1CCON(c2cc(C)nc(C)n2)CC1. The second-order valence-electron chi connectivity index (χ2n) is 7.07. The van der Waals surface area contributed by atoms with Crippen molar-refractivity contribution in [1.29, 1.82) is 5.41 Å². The lowest BCUT2D eigenvalue weighted by Crippen LogP contribution is -2.30. The third-order valence-corrected chi connectivity index (χ3v) is 4.91. The number of hydrogen-bond acceptors (Lipinski definition) is 8. The molecule has 1 saturated heterocycles. The van der Waals surface area contributed by atoms with Crippen molar-refractivity contribution in [2.45, 2.75) is 27.2 Å². The van der Waals surface area contributed by atoms with Crippen LogP contribution < -0.4 is 10.5 Å². The van der Waals surface area contributed by atoms with Gasteiger partial charge in [0.2, 0.25) is 0 Å². The number of aromatic nitrogens is 2. The lowest BCUT2D eigenvalue weighted by atomic mass is 10.0. The van der Waals surface area contributed by atoms with Crippen molar-refractivity contribution in [3.05, 3.63) is 53.5 Å². The number of anilines is 2. The van der Waals surface area contributed by atoms with Crippen LogP contribution in [0.25, 0.3) is 5.70 Å². The predicted octanol–water partition coefficient (Wildman–Crippen LogP) is 3.43. The number of rotatable bonds is 7. The Morgan fingerprint density at radius 3 is 2.83 bits per heavy atom. The summed E-state index contributed by atoms with van der Waals surface area (Å²) in [6.45, 7) is 13.0. The monoisotopic (exact) mass is 407 g/mol. The van der Waals surface area contributed by atoms with Gasteiger partial charge in [-0.3, -0.25) is 10.3 Å². The van der Waals surface area contributed by atoms with Crippen molar-refractivity contribution < 1.29 is 4.84 Å². The summed E-state index contributed by atoms with van der Waals surface area (Å²) in [5.74, 6) is 1.51. The first-order valence-electron chi connectivity index (χ1n) is 10.1. The van der Waals surface area contributed by atoms with E-state index in [1.54, 1.807) is 0 Å². The van der Waals surface area contributed by atoms with E-state index in [9.17, 15) is 0 Å². The zero-order chi connectivity index (χ0) is 21.5. The summed E-state index contributed by atoms with van der Waals surface area (Å²) in [4.78, 5) is 17.0. The Hall–Kier alpha value is -3.26. The van der Waals surface area contributed by atoms with Crippen molar-refractivity contribution in [3.63, 3.8) is 0 Å². The standard InChI is InChI=1S/C22H29N7O/c1-5-19-6-7-21(27-24-9-8-23)20(15-19)17(3)28-10-11-29(30-13-12-28)22-14-16(2)25-18(4)26-22/h6-9,14-15,23,27H,3,5,10-13H2,1-2,4H3/b23-8?,24-9-. The molecule has 8 nitrogen and oxygen atoms in total. The molecule has 0 bridgehead atoms. The van der Waals surface area contributed by atoms with Crippen molar-refractivity contribution in [2.24, 2.45) is 5.10 Å². The maximum Gasteiger partial charge on any atom is 0.156 e. The Morgan fingerprint density at radius 1 is 1.27 bits per heavy atom. The Kier molecular flexibility index (Phi) is 7.13. The molecular weight excluding hydrogens is 378 g/mol. The van der Waals surface area contributed by atoms with E-state index < -0.39 is 0 Å². The smallest absolute Gasteiger partial charge is 0.156 e. The topological polar surface area (TPSA) is 89.7 Å². The van der Waals surface area contributed by atoms with Gasteiger partial charge in [0.1, 0.15) is 5.82 Å². The van der Waals surface area contributed by atoms with E-state index in [-0.39, 0.29) is 0 Å². The highest BCUT2D eigenvalue weighted by Gasteiger charge is 2.20. The molecule has 3 rings (SSSR count). The van der Waals surface area contributed by atoms with Crippen LogP contribution in [0.15, 0.2) is 35.9 Å². The minimum Gasteiger partial charge on any atom is -0.367 e. The molecule has 0 saturated carbocycles. The number of aryl methyl sites for hydroxylation is 3. The number of hydrazone groups is 1. The molecule has 0 amide bonds. The van der Waals surface area contributed by atoms with Gasteiger partial charge >= 0.3 is 0 Å². The zero-order valence-corrected chi connectivity index (χ0v) is 17.9. The highest BCUT2D eigenvalue weighted by atomic mass is 16.7. The summed E-state index contributed by atoms with van der Waals surface area (Å²) >= 11 is 0. The van der Waals surface area contributed by atoms with Crippen LogP contribution in [0, 0.1) is 19.3 Å². The molecule has 158 valence electrons. The van der Waals surface area contributed by atoms with Crippen molar-refractivity contribution >= 4 is 29.6 Å².